The number of aliphatic hydroxyl groups excluding tert-OH is 1. The number of hydrogen-bond donors (Lipinski definition) is 3. The molecule has 0 radical (unpaired) electrons. The Kier molecular flexibility index (Phi) is 7.74. The van der Waals surface area contributed by atoms with Crippen molar-refractivity contribution >= 4 is 11.9 Å². The molecule has 1 aromatic rings. The van der Waals surface area contributed by atoms with E-state index in [0.29, 0.717) is 24.5 Å². The van der Waals surface area contributed by atoms with Gasteiger partial charge in [-0.05, 0) is 18.8 Å². The lowest BCUT2D eigenvalue weighted by atomic mass is 10.1. The van der Waals surface area contributed by atoms with Crippen LogP contribution in [0.1, 0.15) is 40.5 Å². The molecular formula is C14H27N5O2. The minimum Gasteiger partial charge on any atom is -0.463 e. The summed E-state index contributed by atoms with van der Waals surface area (Å²) in [6.45, 7) is 9.51. The first-order chi connectivity index (χ1) is 10.1. The highest BCUT2D eigenvalue weighted by Crippen LogP contribution is 2.14. The lowest BCUT2D eigenvalue weighted by Gasteiger charge is -2.20. The predicted octanol–water partition coefficient (Wildman–Crippen LogP) is 1.91. The monoisotopic (exact) mass is 297 g/mol. The summed E-state index contributed by atoms with van der Waals surface area (Å²) in [4.78, 5) is 12.8. The second-order valence-electron chi connectivity index (χ2n) is 5.22. The van der Waals surface area contributed by atoms with Gasteiger partial charge in [0, 0.05) is 6.54 Å². The van der Waals surface area contributed by atoms with Gasteiger partial charge in [-0.1, -0.05) is 27.7 Å². The first-order valence-corrected chi connectivity index (χ1v) is 7.60. The van der Waals surface area contributed by atoms with Crippen molar-refractivity contribution in [3.8, 4) is 6.01 Å². The van der Waals surface area contributed by atoms with E-state index in [0.717, 1.165) is 19.4 Å². The zero-order valence-electron chi connectivity index (χ0n) is 13.4. The third-order valence-electron chi connectivity index (χ3n) is 2.90. The molecule has 0 aromatic carbocycles. The van der Waals surface area contributed by atoms with Crippen LogP contribution in [0.3, 0.4) is 0 Å². The molecule has 3 N–H and O–H groups in total. The van der Waals surface area contributed by atoms with Crippen molar-refractivity contribution in [2.45, 2.75) is 46.6 Å². The van der Waals surface area contributed by atoms with Crippen molar-refractivity contribution < 1.29 is 9.84 Å². The number of aromatic nitrogens is 3. The van der Waals surface area contributed by atoms with Gasteiger partial charge in [0.15, 0.2) is 0 Å². The van der Waals surface area contributed by atoms with Crippen molar-refractivity contribution in [3.63, 3.8) is 0 Å². The summed E-state index contributed by atoms with van der Waals surface area (Å²) in [6, 6.07) is 0.193. The van der Waals surface area contributed by atoms with E-state index < -0.39 is 0 Å². The summed E-state index contributed by atoms with van der Waals surface area (Å²) in [5.41, 5.74) is 0. The standard InChI is InChI=1S/C14H27N5O2/c1-5-7-15-12-17-13(16-11(9-20)10(3)4)19-14(18-12)21-8-6-2/h10-11,20H,5-9H2,1-4H3,(H2,15,16,17,18,19)/t11-/m1/s1. The van der Waals surface area contributed by atoms with Gasteiger partial charge in [0.25, 0.3) is 0 Å². The van der Waals surface area contributed by atoms with Crippen LogP contribution < -0.4 is 15.4 Å². The third-order valence-corrected chi connectivity index (χ3v) is 2.90. The highest BCUT2D eigenvalue weighted by atomic mass is 16.5. The molecule has 0 bridgehead atoms. The van der Waals surface area contributed by atoms with Crippen LogP contribution in [0.5, 0.6) is 6.01 Å². The van der Waals surface area contributed by atoms with Crippen LogP contribution in [0.15, 0.2) is 0 Å². The summed E-state index contributed by atoms with van der Waals surface area (Å²) in [5, 5.41) is 15.7. The predicted molar refractivity (Wildman–Crippen MR) is 83.7 cm³/mol. The number of anilines is 2. The maximum absolute atomic E-state index is 9.40. The van der Waals surface area contributed by atoms with Gasteiger partial charge in [0.1, 0.15) is 0 Å². The minimum absolute atomic E-state index is 0.0201. The number of ether oxygens (including phenoxy) is 1. The fraction of sp³-hybridized carbons (Fsp3) is 0.786. The summed E-state index contributed by atoms with van der Waals surface area (Å²) in [6.07, 6.45) is 1.86. The van der Waals surface area contributed by atoms with Crippen molar-refractivity contribution in [1.29, 1.82) is 0 Å². The van der Waals surface area contributed by atoms with E-state index in [9.17, 15) is 5.11 Å². The van der Waals surface area contributed by atoms with Gasteiger partial charge in [0.2, 0.25) is 11.9 Å². The molecule has 0 amide bonds. The van der Waals surface area contributed by atoms with Crippen LogP contribution in [-0.4, -0.2) is 45.9 Å². The van der Waals surface area contributed by atoms with E-state index in [-0.39, 0.29) is 18.6 Å². The van der Waals surface area contributed by atoms with E-state index in [1.807, 2.05) is 20.8 Å². The van der Waals surface area contributed by atoms with E-state index in [4.69, 9.17) is 4.74 Å². The lowest BCUT2D eigenvalue weighted by molar-refractivity contribution is 0.248. The van der Waals surface area contributed by atoms with Gasteiger partial charge in [-0.3, -0.25) is 0 Å². The highest BCUT2D eigenvalue weighted by molar-refractivity contribution is 5.36. The summed E-state index contributed by atoms with van der Waals surface area (Å²) >= 11 is 0. The van der Waals surface area contributed by atoms with Crippen LogP contribution in [-0.2, 0) is 0 Å². The normalized spacial score (nSPS) is 12.3. The van der Waals surface area contributed by atoms with Crippen LogP contribution in [0.25, 0.3) is 0 Å². The van der Waals surface area contributed by atoms with E-state index in [1.54, 1.807) is 0 Å². The molecule has 0 aliphatic rings. The van der Waals surface area contributed by atoms with Gasteiger partial charge >= 0.3 is 6.01 Å². The molecule has 1 heterocycles. The fourth-order valence-corrected chi connectivity index (χ4v) is 1.58. The van der Waals surface area contributed by atoms with Crippen molar-refractivity contribution in [3.05, 3.63) is 0 Å². The zero-order chi connectivity index (χ0) is 15.7. The molecule has 1 rings (SSSR count). The number of nitrogens with zero attached hydrogens (tertiary/aromatic N) is 3. The van der Waals surface area contributed by atoms with Crippen molar-refractivity contribution in [1.82, 2.24) is 15.0 Å². The average Bonchev–Trinajstić information content (AvgIpc) is 2.48. The molecule has 21 heavy (non-hydrogen) atoms. The first-order valence-electron chi connectivity index (χ1n) is 7.60. The maximum Gasteiger partial charge on any atom is 0.323 e. The molecule has 0 unspecified atom stereocenters. The second kappa shape index (κ2) is 9.33. The van der Waals surface area contributed by atoms with Gasteiger partial charge < -0.3 is 20.5 Å². The fourth-order valence-electron chi connectivity index (χ4n) is 1.58. The average molecular weight is 297 g/mol. The number of aliphatic hydroxyl groups is 1. The smallest absolute Gasteiger partial charge is 0.323 e. The molecule has 120 valence electrons. The topological polar surface area (TPSA) is 92.2 Å². The molecule has 0 saturated heterocycles. The Bertz CT molecular complexity index is 388. The summed E-state index contributed by atoms with van der Waals surface area (Å²) in [5.74, 6) is 1.17. The quantitative estimate of drug-likeness (QED) is 0.607. The van der Waals surface area contributed by atoms with Crippen molar-refractivity contribution in [2.75, 3.05) is 30.4 Å². The Hall–Kier alpha value is -1.63. The molecule has 0 spiro atoms. The Morgan fingerprint density at radius 3 is 2.38 bits per heavy atom. The minimum atomic E-state index is -0.106. The second-order valence-corrected chi connectivity index (χ2v) is 5.22. The zero-order valence-corrected chi connectivity index (χ0v) is 13.4. The van der Waals surface area contributed by atoms with Crippen LogP contribution in [0.2, 0.25) is 0 Å². The molecular weight excluding hydrogens is 270 g/mol. The van der Waals surface area contributed by atoms with E-state index in [2.05, 4.69) is 32.5 Å². The number of hydrogen-bond acceptors (Lipinski definition) is 7. The molecule has 7 heteroatoms. The van der Waals surface area contributed by atoms with Crippen LogP contribution >= 0.6 is 0 Å². The lowest BCUT2D eigenvalue weighted by Crippen LogP contribution is -2.30. The summed E-state index contributed by atoms with van der Waals surface area (Å²) < 4.78 is 5.49. The van der Waals surface area contributed by atoms with Gasteiger partial charge in [-0.15, -0.1) is 0 Å². The summed E-state index contributed by atoms with van der Waals surface area (Å²) in [7, 11) is 0. The first kappa shape index (κ1) is 17.4. The molecule has 1 aromatic heterocycles. The largest absolute Gasteiger partial charge is 0.463 e. The molecule has 0 aliphatic carbocycles. The van der Waals surface area contributed by atoms with E-state index >= 15 is 0 Å². The maximum atomic E-state index is 9.40. The number of nitrogens with one attached hydrogen (secondary N) is 2. The highest BCUT2D eigenvalue weighted by Gasteiger charge is 2.15. The van der Waals surface area contributed by atoms with Gasteiger partial charge in [-0.2, -0.15) is 15.0 Å². The van der Waals surface area contributed by atoms with Gasteiger partial charge in [-0.25, -0.2) is 0 Å². The Balaban J connectivity index is 2.88. The third kappa shape index (κ3) is 6.12. The molecule has 0 fully saturated rings. The van der Waals surface area contributed by atoms with Crippen LogP contribution in [0.4, 0.5) is 11.9 Å². The Labute approximate surface area is 126 Å². The number of rotatable bonds is 10. The van der Waals surface area contributed by atoms with Gasteiger partial charge in [0.05, 0.1) is 19.3 Å². The van der Waals surface area contributed by atoms with E-state index in [1.165, 1.54) is 0 Å². The SMILES string of the molecule is CCCNc1nc(N[C@H](CO)C(C)C)nc(OCCC)n1. The molecule has 1 atom stereocenters. The van der Waals surface area contributed by atoms with Crippen LogP contribution in [0, 0.1) is 5.92 Å². The molecule has 0 aliphatic heterocycles. The molecule has 7 nitrogen and oxygen atoms in total. The van der Waals surface area contributed by atoms with Crippen molar-refractivity contribution in [2.24, 2.45) is 5.92 Å². The molecule has 0 saturated carbocycles. The Morgan fingerprint density at radius 1 is 1.10 bits per heavy atom. The Morgan fingerprint density at radius 2 is 1.81 bits per heavy atom.